The Labute approximate surface area is 186 Å². The van der Waals surface area contributed by atoms with Crippen LogP contribution in [-0.4, -0.2) is 26.9 Å². The van der Waals surface area contributed by atoms with Gasteiger partial charge in [-0.15, -0.1) is 0 Å². The van der Waals surface area contributed by atoms with Crippen LogP contribution in [0.25, 0.3) is 33.3 Å². The summed E-state index contributed by atoms with van der Waals surface area (Å²) in [5.74, 6) is 1.56. The Bertz CT molecular complexity index is 1360. The molecule has 0 aliphatic heterocycles. The number of fused-ring (bicyclic) bond motifs is 1. The number of aromatic nitrogens is 4. The molecule has 0 saturated carbocycles. The van der Waals surface area contributed by atoms with Crippen molar-refractivity contribution in [2.75, 3.05) is 7.11 Å². The molecule has 3 heterocycles. The lowest BCUT2D eigenvalue weighted by molar-refractivity contribution is 0.301. The third kappa shape index (κ3) is 3.90. The number of para-hydroxylation sites is 1. The van der Waals surface area contributed by atoms with E-state index >= 15 is 0 Å². The first-order valence-electron chi connectivity index (χ1n) is 10.3. The van der Waals surface area contributed by atoms with Gasteiger partial charge in [0, 0.05) is 48.2 Å². The second kappa shape index (κ2) is 8.51. The molecule has 0 radical (unpaired) electrons. The number of benzene rings is 2. The molecular formula is C26H22N4O2. The highest BCUT2D eigenvalue weighted by atomic mass is 16.5. The lowest BCUT2D eigenvalue weighted by Gasteiger charge is -2.10. The van der Waals surface area contributed by atoms with E-state index < -0.39 is 0 Å². The van der Waals surface area contributed by atoms with E-state index in [1.807, 2.05) is 84.7 Å². The molecule has 0 N–H and O–H groups in total. The van der Waals surface area contributed by atoms with Gasteiger partial charge in [-0.05, 0) is 54.1 Å². The Kier molecular flexibility index (Phi) is 5.25. The molecule has 0 amide bonds. The van der Waals surface area contributed by atoms with E-state index in [0.717, 1.165) is 50.5 Å². The first-order chi connectivity index (χ1) is 15.7. The van der Waals surface area contributed by atoms with Crippen LogP contribution >= 0.6 is 0 Å². The van der Waals surface area contributed by atoms with Crippen molar-refractivity contribution in [2.45, 2.75) is 6.61 Å². The number of hydrogen-bond acceptors (Lipinski definition) is 5. The van der Waals surface area contributed by atoms with E-state index in [2.05, 4.69) is 15.1 Å². The maximum absolute atomic E-state index is 6.00. The minimum absolute atomic E-state index is 0.354. The summed E-state index contributed by atoms with van der Waals surface area (Å²) in [5, 5.41) is 5.65. The van der Waals surface area contributed by atoms with Gasteiger partial charge in [0.15, 0.2) is 0 Å². The van der Waals surface area contributed by atoms with E-state index in [-0.39, 0.29) is 0 Å². The van der Waals surface area contributed by atoms with Crippen LogP contribution in [0.1, 0.15) is 5.69 Å². The van der Waals surface area contributed by atoms with Crippen LogP contribution in [0.4, 0.5) is 0 Å². The van der Waals surface area contributed by atoms with Crippen molar-refractivity contribution < 1.29 is 9.47 Å². The van der Waals surface area contributed by atoms with Crippen molar-refractivity contribution in [3.05, 3.63) is 91.0 Å². The van der Waals surface area contributed by atoms with E-state index in [1.54, 1.807) is 19.5 Å². The first-order valence-corrected chi connectivity index (χ1v) is 10.3. The molecule has 0 saturated heterocycles. The molecule has 0 aliphatic rings. The number of hydrogen-bond donors (Lipinski definition) is 0. The Morgan fingerprint density at radius 1 is 0.906 bits per heavy atom. The van der Waals surface area contributed by atoms with Crippen LogP contribution in [0.5, 0.6) is 11.5 Å². The van der Waals surface area contributed by atoms with Gasteiger partial charge in [0.25, 0.3) is 0 Å². The summed E-state index contributed by atoms with van der Waals surface area (Å²) >= 11 is 0. The number of pyridine rings is 2. The zero-order valence-electron chi connectivity index (χ0n) is 17.9. The molecule has 0 unspecified atom stereocenters. The van der Waals surface area contributed by atoms with Crippen LogP contribution in [0.2, 0.25) is 0 Å². The summed E-state index contributed by atoms with van der Waals surface area (Å²) in [6.45, 7) is 0.354. The van der Waals surface area contributed by atoms with Crippen LogP contribution < -0.4 is 9.47 Å². The summed E-state index contributed by atoms with van der Waals surface area (Å²) in [4.78, 5) is 8.80. The fourth-order valence-corrected chi connectivity index (χ4v) is 3.75. The Hall–Kier alpha value is -4.19. The minimum atomic E-state index is 0.354. The predicted molar refractivity (Wildman–Crippen MR) is 125 cm³/mol. The van der Waals surface area contributed by atoms with Crippen LogP contribution in [-0.2, 0) is 13.7 Å². The molecule has 3 aromatic heterocycles. The standard InChI is InChI=1S/C26H22N4O2/c1-30-16-23(18-11-13-27-14-12-18)26(29-30)19-7-9-21(10-8-19)32-17-20-15-25(31-2)22-5-3-4-6-24(22)28-20/h3-16H,17H2,1-2H3/i2-1. The lowest BCUT2D eigenvalue weighted by atomic mass is 10.0. The van der Waals surface area contributed by atoms with Gasteiger partial charge < -0.3 is 9.47 Å². The number of methoxy groups -OCH3 is 1. The molecule has 2 aromatic carbocycles. The minimum Gasteiger partial charge on any atom is -0.496 e. The Morgan fingerprint density at radius 3 is 2.47 bits per heavy atom. The van der Waals surface area contributed by atoms with Gasteiger partial charge in [-0.2, -0.15) is 5.10 Å². The molecule has 5 rings (SSSR count). The number of nitrogens with zero attached hydrogens (tertiary/aromatic N) is 4. The van der Waals surface area contributed by atoms with E-state index in [0.29, 0.717) is 6.61 Å². The van der Waals surface area contributed by atoms with Gasteiger partial charge >= 0.3 is 0 Å². The predicted octanol–water partition coefficient (Wildman–Crippen LogP) is 5.28. The zero-order chi connectivity index (χ0) is 21.9. The molecule has 32 heavy (non-hydrogen) atoms. The van der Waals surface area contributed by atoms with Gasteiger partial charge in [0.2, 0.25) is 0 Å². The van der Waals surface area contributed by atoms with Crippen LogP contribution in [0, 0.1) is 0 Å². The van der Waals surface area contributed by atoms with E-state index in [4.69, 9.17) is 9.47 Å². The molecular weight excluding hydrogens is 399 g/mol. The Balaban J connectivity index is 1.36. The maximum Gasteiger partial charge on any atom is 0.130 e. The number of rotatable bonds is 6. The van der Waals surface area contributed by atoms with Crippen LogP contribution in [0.3, 0.4) is 0 Å². The van der Waals surface area contributed by atoms with Crippen molar-refractivity contribution in [2.24, 2.45) is 7.05 Å². The molecule has 158 valence electrons. The fraction of sp³-hybridized carbons (Fsp3) is 0.115. The fourth-order valence-electron chi connectivity index (χ4n) is 3.75. The third-order valence-corrected chi connectivity index (χ3v) is 5.29. The Morgan fingerprint density at radius 2 is 1.69 bits per heavy atom. The highest BCUT2D eigenvalue weighted by molar-refractivity contribution is 5.85. The largest absolute Gasteiger partial charge is 0.496 e. The monoisotopic (exact) mass is 421 g/mol. The molecule has 6 heteroatoms. The highest BCUT2D eigenvalue weighted by Crippen LogP contribution is 2.32. The quantitative estimate of drug-likeness (QED) is 0.373. The summed E-state index contributed by atoms with van der Waals surface area (Å²) < 4.78 is 13.4. The average Bonchev–Trinajstić information content (AvgIpc) is 3.24. The highest BCUT2D eigenvalue weighted by Gasteiger charge is 2.12. The third-order valence-electron chi connectivity index (χ3n) is 5.29. The molecule has 0 spiro atoms. The molecule has 5 aromatic rings. The van der Waals surface area contributed by atoms with Crippen LogP contribution in [0.15, 0.2) is 85.3 Å². The smallest absolute Gasteiger partial charge is 0.130 e. The summed E-state index contributed by atoms with van der Waals surface area (Å²) in [6.07, 6.45) is 5.60. The van der Waals surface area contributed by atoms with E-state index in [9.17, 15) is 0 Å². The van der Waals surface area contributed by atoms with Gasteiger partial charge in [0.05, 0.1) is 18.3 Å². The number of aryl methyl sites for hydroxylation is 1. The van der Waals surface area contributed by atoms with Gasteiger partial charge in [0.1, 0.15) is 23.8 Å². The van der Waals surface area contributed by atoms with Crippen molar-refractivity contribution in [1.82, 2.24) is 19.7 Å². The molecule has 0 aliphatic carbocycles. The SMILES string of the molecule is Cn1cc(-c2ccncc2)c(-c2ccc(OCc3cc(O[11CH3])c4ccccc4n3)cc2)n1. The van der Waals surface area contributed by atoms with Crippen molar-refractivity contribution in [3.8, 4) is 33.9 Å². The van der Waals surface area contributed by atoms with Crippen molar-refractivity contribution >= 4 is 10.9 Å². The average molecular weight is 421 g/mol. The topological polar surface area (TPSA) is 62.1 Å². The maximum atomic E-state index is 6.00. The second-order valence-corrected chi connectivity index (χ2v) is 7.45. The number of ether oxygens (including phenoxy) is 2. The summed E-state index contributed by atoms with van der Waals surface area (Å²) in [6, 6.07) is 21.8. The molecule has 0 bridgehead atoms. The molecule has 0 atom stereocenters. The van der Waals surface area contributed by atoms with Gasteiger partial charge in [-0.1, -0.05) is 12.1 Å². The van der Waals surface area contributed by atoms with Crippen molar-refractivity contribution in [3.63, 3.8) is 0 Å². The summed E-state index contributed by atoms with van der Waals surface area (Å²) in [5.41, 5.74) is 5.80. The lowest BCUT2D eigenvalue weighted by Crippen LogP contribution is -2.00. The van der Waals surface area contributed by atoms with Gasteiger partial charge in [-0.3, -0.25) is 9.67 Å². The molecule has 0 fully saturated rings. The second-order valence-electron chi connectivity index (χ2n) is 7.45. The normalized spacial score (nSPS) is 10.9. The molecule has 6 nitrogen and oxygen atoms in total. The first kappa shape index (κ1) is 19.8. The van der Waals surface area contributed by atoms with Crippen molar-refractivity contribution in [1.29, 1.82) is 0 Å². The van der Waals surface area contributed by atoms with E-state index in [1.165, 1.54) is 0 Å². The zero-order valence-corrected chi connectivity index (χ0v) is 17.9. The van der Waals surface area contributed by atoms with Gasteiger partial charge in [-0.25, -0.2) is 4.98 Å². The summed E-state index contributed by atoms with van der Waals surface area (Å²) in [7, 11) is 3.60.